The molecule has 138 valence electrons. The minimum Gasteiger partial charge on any atom is -0.348 e. The number of fused-ring (bicyclic) bond motifs is 1. The minimum absolute atomic E-state index is 0.0568. The van der Waals surface area contributed by atoms with Gasteiger partial charge in [0.05, 0.1) is 0 Å². The van der Waals surface area contributed by atoms with Gasteiger partial charge in [-0.15, -0.1) is 0 Å². The van der Waals surface area contributed by atoms with Crippen LogP contribution >= 0.6 is 0 Å². The van der Waals surface area contributed by atoms with Crippen LogP contribution in [0.4, 0.5) is 0 Å². The maximum Gasteiger partial charge on any atom is 0.251 e. The van der Waals surface area contributed by atoms with Gasteiger partial charge in [0.2, 0.25) is 0 Å². The topological polar surface area (TPSA) is 55.1 Å². The van der Waals surface area contributed by atoms with E-state index in [0.29, 0.717) is 6.54 Å². The summed E-state index contributed by atoms with van der Waals surface area (Å²) in [5.74, 6) is 0.0568. The van der Waals surface area contributed by atoms with Crippen molar-refractivity contribution < 1.29 is 4.79 Å². The van der Waals surface area contributed by atoms with Gasteiger partial charge in [-0.1, -0.05) is 36.4 Å². The van der Waals surface area contributed by atoms with Crippen LogP contribution in [0.5, 0.6) is 0 Å². The van der Waals surface area contributed by atoms with Crippen molar-refractivity contribution in [2.75, 3.05) is 7.05 Å². The summed E-state index contributed by atoms with van der Waals surface area (Å²) in [4.78, 5) is 12.5. The van der Waals surface area contributed by atoms with Crippen LogP contribution in [0.25, 0.3) is 5.57 Å². The Labute approximate surface area is 157 Å². The molecule has 3 heteroatoms. The van der Waals surface area contributed by atoms with Gasteiger partial charge in [-0.05, 0) is 86.5 Å². The van der Waals surface area contributed by atoms with E-state index in [1.54, 1.807) is 0 Å². The number of rotatable bonds is 3. The molecular weight excluding hydrogens is 320 g/mol. The summed E-state index contributed by atoms with van der Waals surface area (Å²) >= 11 is 0. The summed E-state index contributed by atoms with van der Waals surface area (Å²) < 4.78 is 0. The number of hydrogen-bond acceptors (Lipinski definition) is 2. The molecule has 0 atom stereocenters. The molecule has 1 aliphatic heterocycles. The Hall–Kier alpha value is -2.39. The van der Waals surface area contributed by atoms with E-state index in [-0.39, 0.29) is 5.91 Å². The van der Waals surface area contributed by atoms with Crippen LogP contribution < -0.4 is 11.1 Å². The molecule has 3 N–H and O–H groups in total. The molecule has 1 amide bonds. The third-order valence-electron chi connectivity index (χ3n) is 5.38. The van der Waals surface area contributed by atoms with Crippen molar-refractivity contribution in [1.29, 1.82) is 0 Å². The van der Waals surface area contributed by atoms with Crippen molar-refractivity contribution in [3.8, 4) is 0 Å². The van der Waals surface area contributed by atoms with E-state index in [1.807, 2.05) is 6.07 Å². The quantitative estimate of drug-likeness (QED) is 0.817. The summed E-state index contributed by atoms with van der Waals surface area (Å²) in [7, 11) is 1.50. The van der Waals surface area contributed by atoms with E-state index in [9.17, 15) is 4.79 Å². The Morgan fingerprint density at radius 2 is 1.58 bits per heavy atom. The zero-order chi connectivity index (χ0) is 19.3. The van der Waals surface area contributed by atoms with E-state index >= 15 is 0 Å². The minimum atomic E-state index is 0.0568. The maximum atomic E-state index is 12.5. The van der Waals surface area contributed by atoms with E-state index in [0.717, 1.165) is 24.0 Å². The van der Waals surface area contributed by atoms with Gasteiger partial charge >= 0.3 is 0 Å². The molecule has 0 saturated heterocycles. The Morgan fingerprint density at radius 3 is 2.23 bits per heavy atom. The number of carbonyl (C=O) groups excluding carboxylic acids is 1. The number of carbonyl (C=O) groups is 1. The Balaban J connectivity index is 0.00000117. The molecule has 0 aromatic heterocycles. The first kappa shape index (κ1) is 19.9. The number of amides is 1. The summed E-state index contributed by atoms with van der Waals surface area (Å²) in [6.45, 7) is 9.28. The highest BCUT2D eigenvalue weighted by Crippen LogP contribution is 2.34. The number of hydrogen-bond donors (Lipinski definition) is 2. The van der Waals surface area contributed by atoms with Gasteiger partial charge in [0.25, 0.3) is 5.91 Å². The lowest BCUT2D eigenvalue weighted by atomic mass is 9.83. The fourth-order valence-electron chi connectivity index (χ4n) is 3.58. The molecule has 0 bridgehead atoms. The molecule has 26 heavy (non-hydrogen) atoms. The molecule has 0 spiro atoms. The Bertz CT molecular complexity index is 820. The molecule has 3 nitrogen and oxygen atoms in total. The largest absolute Gasteiger partial charge is 0.348 e. The average molecular weight is 351 g/mol. The van der Waals surface area contributed by atoms with Gasteiger partial charge in [0.15, 0.2) is 0 Å². The van der Waals surface area contributed by atoms with Gasteiger partial charge in [0.1, 0.15) is 0 Å². The zero-order valence-electron chi connectivity index (χ0n) is 16.6. The fraction of sp³-hybridized carbons (Fsp3) is 0.348. The maximum absolute atomic E-state index is 12.5. The highest BCUT2D eigenvalue weighted by Gasteiger charge is 2.26. The second-order valence-corrected chi connectivity index (χ2v) is 6.68. The second-order valence-electron chi connectivity index (χ2n) is 6.68. The SMILES string of the molecule is CN.Cc1c(C)c(C)c2c(c1C)CNC(=O)/C2=C\CCc1ccccc1. The Morgan fingerprint density at radius 1 is 0.962 bits per heavy atom. The van der Waals surface area contributed by atoms with E-state index in [1.165, 1.54) is 40.4 Å². The normalized spacial score (nSPS) is 14.4. The smallest absolute Gasteiger partial charge is 0.251 e. The summed E-state index contributed by atoms with van der Waals surface area (Å²) in [6, 6.07) is 10.4. The third-order valence-corrected chi connectivity index (χ3v) is 5.38. The van der Waals surface area contributed by atoms with Crippen molar-refractivity contribution in [3.05, 3.63) is 75.4 Å². The highest BCUT2D eigenvalue weighted by atomic mass is 16.1. The zero-order valence-corrected chi connectivity index (χ0v) is 16.6. The second kappa shape index (κ2) is 8.81. The van der Waals surface area contributed by atoms with Crippen LogP contribution in [0.15, 0.2) is 36.4 Å². The monoisotopic (exact) mass is 350 g/mol. The highest BCUT2D eigenvalue weighted by molar-refractivity contribution is 6.21. The van der Waals surface area contributed by atoms with Crippen molar-refractivity contribution in [2.24, 2.45) is 5.73 Å². The van der Waals surface area contributed by atoms with Crippen LogP contribution in [-0.4, -0.2) is 13.0 Å². The molecule has 0 aliphatic carbocycles. The number of nitrogens with two attached hydrogens (primary N) is 1. The van der Waals surface area contributed by atoms with Gasteiger partial charge in [-0.2, -0.15) is 0 Å². The van der Waals surface area contributed by atoms with Gasteiger partial charge < -0.3 is 11.1 Å². The third kappa shape index (κ3) is 3.88. The predicted molar refractivity (Wildman–Crippen MR) is 110 cm³/mol. The number of allylic oxidation sites excluding steroid dienone is 1. The molecule has 1 heterocycles. The number of aryl methyl sites for hydroxylation is 1. The molecule has 0 saturated carbocycles. The first-order chi connectivity index (χ1) is 12.5. The van der Waals surface area contributed by atoms with Gasteiger partial charge in [-0.25, -0.2) is 0 Å². The molecular formula is C23H30N2O. The predicted octanol–water partition coefficient (Wildman–Crippen LogP) is 4.14. The van der Waals surface area contributed by atoms with Crippen molar-refractivity contribution in [2.45, 2.75) is 47.1 Å². The molecule has 3 rings (SSSR count). The van der Waals surface area contributed by atoms with Crippen LogP contribution in [0, 0.1) is 27.7 Å². The lowest BCUT2D eigenvalue weighted by Crippen LogP contribution is -2.31. The van der Waals surface area contributed by atoms with E-state index < -0.39 is 0 Å². The first-order valence-corrected chi connectivity index (χ1v) is 9.20. The van der Waals surface area contributed by atoms with Crippen LogP contribution in [-0.2, 0) is 17.8 Å². The first-order valence-electron chi connectivity index (χ1n) is 9.20. The lowest BCUT2D eigenvalue weighted by Gasteiger charge is -2.26. The van der Waals surface area contributed by atoms with Crippen LogP contribution in [0.2, 0.25) is 0 Å². The molecule has 0 fully saturated rings. The average Bonchev–Trinajstić information content (AvgIpc) is 2.68. The van der Waals surface area contributed by atoms with Crippen LogP contribution in [0.3, 0.4) is 0 Å². The molecule has 2 aromatic rings. The summed E-state index contributed by atoms with van der Waals surface area (Å²) in [5.41, 5.74) is 14.3. The lowest BCUT2D eigenvalue weighted by molar-refractivity contribution is -0.116. The van der Waals surface area contributed by atoms with Crippen LogP contribution in [0.1, 0.15) is 45.4 Å². The van der Waals surface area contributed by atoms with E-state index in [4.69, 9.17) is 0 Å². The molecule has 1 aliphatic rings. The molecule has 0 radical (unpaired) electrons. The fourth-order valence-corrected chi connectivity index (χ4v) is 3.58. The number of nitrogens with one attached hydrogen (secondary N) is 1. The van der Waals surface area contributed by atoms with Crippen molar-refractivity contribution in [3.63, 3.8) is 0 Å². The summed E-state index contributed by atoms with van der Waals surface area (Å²) in [6.07, 6.45) is 3.94. The molecule has 2 aromatic carbocycles. The van der Waals surface area contributed by atoms with Crippen molar-refractivity contribution >= 4 is 11.5 Å². The standard InChI is InChI=1S/C22H25NO.CH5N/c1-14-15(2)17(4)21-19(22(24)23-13-20(21)16(14)3)12-8-11-18-9-6-5-7-10-18;1-2/h5-7,9-10,12H,8,11,13H2,1-4H3,(H,23,24);2H2,1H3/b19-12-;. The molecule has 0 unspecified atom stereocenters. The van der Waals surface area contributed by atoms with Gasteiger partial charge in [-0.3, -0.25) is 4.79 Å². The number of benzene rings is 2. The Kier molecular flexibility index (Phi) is 6.76. The summed E-state index contributed by atoms with van der Waals surface area (Å²) in [5, 5.41) is 3.04. The van der Waals surface area contributed by atoms with E-state index in [2.05, 4.69) is 69.1 Å². The van der Waals surface area contributed by atoms with Crippen molar-refractivity contribution in [1.82, 2.24) is 5.32 Å². The van der Waals surface area contributed by atoms with Gasteiger partial charge in [0, 0.05) is 12.1 Å².